The number of carbonyl (C=O) groups excluding carboxylic acids is 1. The van der Waals surface area contributed by atoms with Crippen LogP contribution < -0.4 is 4.72 Å². The molecular weight excluding hydrogens is 401 g/mol. The van der Waals surface area contributed by atoms with Crippen molar-refractivity contribution >= 4 is 15.9 Å². The van der Waals surface area contributed by atoms with Crippen LogP contribution in [0.1, 0.15) is 19.3 Å². The van der Waals surface area contributed by atoms with Gasteiger partial charge in [-0.1, -0.05) is 6.07 Å². The first kappa shape index (κ1) is 22.1. The van der Waals surface area contributed by atoms with E-state index in [-0.39, 0.29) is 29.9 Å². The van der Waals surface area contributed by atoms with Gasteiger partial charge in [-0.25, -0.2) is 17.5 Å². The number of aliphatic hydroxyl groups excluding tert-OH is 1. The summed E-state index contributed by atoms with van der Waals surface area (Å²) in [4.78, 5) is 16.3. The lowest BCUT2D eigenvalue weighted by molar-refractivity contribution is -0.141. The zero-order valence-electron chi connectivity index (χ0n) is 16.5. The molecule has 0 aromatic heterocycles. The molecule has 2 saturated heterocycles. The van der Waals surface area contributed by atoms with Crippen molar-refractivity contribution < 1.29 is 27.4 Å². The van der Waals surface area contributed by atoms with E-state index in [9.17, 15) is 22.7 Å². The topological polar surface area (TPSA) is 99.2 Å². The number of piperazine rings is 1. The number of halogens is 1. The number of amides is 1. The molecule has 3 rings (SSSR count). The summed E-state index contributed by atoms with van der Waals surface area (Å²) in [5.41, 5.74) is 0. The molecule has 2 heterocycles. The molecule has 1 aromatic rings. The molecule has 0 unspecified atom stereocenters. The lowest BCUT2D eigenvalue weighted by atomic mass is 9.97. The van der Waals surface area contributed by atoms with Gasteiger partial charge in [0.25, 0.3) is 0 Å². The van der Waals surface area contributed by atoms with E-state index in [1.54, 1.807) is 0 Å². The van der Waals surface area contributed by atoms with Gasteiger partial charge in [-0.05, 0) is 38.1 Å². The van der Waals surface area contributed by atoms with E-state index < -0.39 is 28.0 Å². The van der Waals surface area contributed by atoms with E-state index in [4.69, 9.17) is 4.74 Å². The largest absolute Gasteiger partial charge is 0.394 e. The molecule has 1 amide bonds. The van der Waals surface area contributed by atoms with Gasteiger partial charge in [-0.15, -0.1) is 0 Å². The molecule has 0 spiro atoms. The molecular formula is C19H28FN3O5S. The SMILES string of the molecule is CN1CCN(C(=O)C[C@@H]2CC[C@H](NS(=O)(=O)c3cccc(F)c3)[C@@H](CO)O2)CC1. The summed E-state index contributed by atoms with van der Waals surface area (Å²) in [6.45, 7) is 2.65. The summed E-state index contributed by atoms with van der Waals surface area (Å²) in [6.07, 6.45) is -0.0114. The highest BCUT2D eigenvalue weighted by Crippen LogP contribution is 2.24. The molecule has 0 radical (unpaired) electrons. The van der Waals surface area contributed by atoms with Crippen LogP contribution >= 0.6 is 0 Å². The molecule has 3 atom stereocenters. The molecule has 2 aliphatic rings. The third kappa shape index (κ3) is 5.73. The number of hydrogen-bond acceptors (Lipinski definition) is 6. The van der Waals surface area contributed by atoms with Gasteiger partial charge >= 0.3 is 0 Å². The van der Waals surface area contributed by atoms with Crippen LogP contribution in [0.3, 0.4) is 0 Å². The first-order valence-electron chi connectivity index (χ1n) is 9.79. The first-order chi connectivity index (χ1) is 13.8. The van der Waals surface area contributed by atoms with Gasteiger partial charge in [0.2, 0.25) is 15.9 Å². The summed E-state index contributed by atoms with van der Waals surface area (Å²) >= 11 is 0. The van der Waals surface area contributed by atoms with E-state index >= 15 is 0 Å². The summed E-state index contributed by atoms with van der Waals surface area (Å²) in [5.74, 6) is -0.632. The smallest absolute Gasteiger partial charge is 0.241 e. The highest BCUT2D eigenvalue weighted by Gasteiger charge is 2.35. The number of carbonyl (C=O) groups is 1. The van der Waals surface area contributed by atoms with Crippen molar-refractivity contribution in [3.63, 3.8) is 0 Å². The van der Waals surface area contributed by atoms with Gasteiger partial charge in [0.1, 0.15) is 5.82 Å². The van der Waals surface area contributed by atoms with Crippen molar-refractivity contribution in [2.75, 3.05) is 39.8 Å². The third-order valence-electron chi connectivity index (χ3n) is 5.47. The molecule has 10 heteroatoms. The normalized spacial score (nSPS) is 26.4. The lowest BCUT2D eigenvalue weighted by Gasteiger charge is -2.37. The Morgan fingerprint density at radius 3 is 2.66 bits per heavy atom. The molecule has 8 nitrogen and oxygen atoms in total. The van der Waals surface area contributed by atoms with Crippen molar-refractivity contribution in [2.45, 2.75) is 42.4 Å². The predicted molar refractivity (Wildman–Crippen MR) is 104 cm³/mol. The maximum Gasteiger partial charge on any atom is 0.241 e. The average molecular weight is 430 g/mol. The quantitative estimate of drug-likeness (QED) is 0.669. The van der Waals surface area contributed by atoms with Crippen LogP contribution in [0.25, 0.3) is 0 Å². The summed E-state index contributed by atoms with van der Waals surface area (Å²) in [7, 11) is -1.93. The van der Waals surface area contributed by atoms with Crippen molar-refractivity contribution in [2.24, 2.45) is 0 Å². The van der Waals surface area contributed by atoms with Gasteiger partial charge in [-0.3, -0.25) is 4.79 Å². The fourth-order valence-electron chi connectivity index (χ4n) is 3.70. The Morgan fingerprint density at radius 2 is 2.00 bits per heavy atom. The van der Waals surface area contributed by atoms with Crippen LogP contribution in [0.5, 0.6) is 0 Å². The number of hydrogen-bond donors (Lipinski definition) is 2. The molecule has 2 fully saturated rings. The monoisotopic (exact) mass is 429 g/mol. The fourth-order valence-corrected chi connectivity index (χ4v) is 5.03. The standard InChI is InChI=1S/C19H28FN3O5S/c1-22-7-9-23(10-8-22)19(25)12-15-5-6-17(18(13-24)28-15)21-29(26,27)16-4-2-3-14(20)11-16/h2-4,11,15,17-18,21,24H,5-10,12-13H2,1H3/t15-,17-,18+/m0/s1. The second kappa shape index (κ2) is 9.48. The van der Waals surface area contributed by atoms with Crippen LogP contribution in [0, 0.1) is 5.82 Å². The van der Waals surface area contributed by atoms with E-state index in [1.165, 1.54) is 18.2 Å². The number of sulfonamides is 1. The van der Waals surface area contributed by atoms with Crippen LogP contribution in [0.2, 0.25) is 0 Å². The molecule has 162 valence electrons. The minimum Gasteiger partial charge on any atom is -0.394 e. The highest BCUT2D eigenvalue weighted by atomic mass is 32.2. The van der Waals surface area contributed by atoms with Gasteiger partial charge in [0, 0.05) is 26.2 Å². The maximum absolute atomic E-state index is 13.4. The highest BCUT2D eigenvalue weighted by molar-refractivity contribution is 7.89. The summed E-state index contributed by atoms with van der Waals surface area (Å²) in [5, 5.41) is 9.68. The summed E-state index contributed by atoms with van der Waals surface area (Å²) < 4.78 is 46.8. The van der Waals surface area contributed by atoms with Crippen molar-refractivity contribution in [3.8, 4) is 0 Å². The average Bonchev–Trinajstić information content (AvgIpc) is 2.69. The number of rotatable bonds is 6. The maximum atomic E-state index is 13.4. The van der Waals surface area contributed by atoms with Gasteiger partial charge in [-0.2, -0.15) is 0 Å². The number of likely N-dealkylation sites (N-methyl/N-ethyl adjacent to an activating group) is 1. The minimum atomic E-state index is -3.95. The second-order valence-electron chi connectivity index (χ2n) is 7.63. The number of benzene rings is 1. The number of aliphatic hydroxyl groups is 1. The van der Waals surface area contributed by atoms with Crippen LogP contribution in [-0.2, 0) is 19.6 Å². The van der Waals surface area contributed by atoms with Crippen LogP contribution in [-0.4, -0.2) is 87.3 Å². The van der Waals surface area contributed by atoms with Crippen LogP contribution in [0.4, 0.5) is 4.39 Å². The van der Waals surface area contributed by atoms with Crippen LogP contribution in [0.15, 0.2) is 29.2 Å². The minimum absolute atomic E-state index is 0.0126. The second-order valence-corrected chi connectivity index (χ2v) is 9.34. The molecule has 1 aromatic carbocycles. The van der Waals surface area contributed by atoms with Crippen molar-refractivity contribution in [1.82, 2.24) is 14.5 Å². The van der Waals surface area contributed by atoms with Crippen molar-refractivity contribution in [3.05, 3.63) is 30.1 Å². The Balaban J connectivity index is 1.57. The fraction of sp³-hybridized carbons (Fsp3) is 0.632. The Morgan fingerprint density at radius 1 is 1.28 bits per heavy atom. The number of ether oxygens (including phenoxy) is 1. The Bertz CT molecular complexity index is 814. The first-order valence-corrected chi connectivity index (χ1v) is 11.3. The Kier molecular flexibility index (Phi) is 7.23. The summed E-state index contributed by atoms with van der Waals surface area (Å²) in [6, 6.07) is 4.09. The van der Waals surface area contributed by atoms with Gasteiger partial charge in [0.05, 0.1) is 36.2 Å². The number of nitrogens with zero attached hydrogens (tertiary/aromatic N) is 2. The lowest BCUT2D eigenvalue weighted by Crippen LogP contribution is -2.52. The molecule has 0 aliphatic carbocycles. The van der Waals surface area contributed by atoms with E-state index in [0.717, 1.165) is 19.2 Å². The van der Waals surface area contributed by atoms with Gasteiger partial charge < -0.3 is 19.6 Å². The zero-order valence-corrected chi connectivity index (χ0v) is 17.3. The third-order valence-corrected chi connectivity index (χ3v) is 6.95. The number of nitrogens with one attached hydrogen (secondary N) is 1. The predicted octanol–water partition coefficient (Wildman–Crippen LogP) is 0.177. The van der Waals surface area contributed by atoms with Gasteiger partial charge in [0.15, 0.2) is 0 Å². The van der Waals surface area contributed by atoms with Crippen molar-refractivity contribution in [1.29, 1.82) is 0 Å². The molecule has 2 N–H and O–H groups in total. The Labute approximate surface area is 170 Å². The van der Waals surface area contributed by atoms with E-state index in [0.29, 0.717) is 25.9 Å². The zero-order chi connectivity index (χ0) is 21.0. The van der Waals surface area contributed by atoms with E-state index in [1.807, 2.05) is 11.9 Å². The molecule has 2 aliphatic heterocycles. The molecule has 29 heavy (non-hydrogen) atoms. The molecule has 0 bridgehead atoms. The van der Waals surface area contributed by atoms with E-state index in [2.05, 4.69) is 9.62 Å². The molecule has 0 saturated carbocycles. The Hall–Kier alpha value is -1.59.